The van der Waals surface area contributed by atoms with Gasteiger partial charge in [0.15, 0.2) is 0 Å². The van der Waals surface area contributed by atoms with Gasteiger partial charge in [0, 0.05) is 37.2 Å². The monoisotopic (exact) mass is 346 g/mol. The lowest BCUT2D eigenvalue weighted by Gasteiger charge is -2.31. The minimum absolute atomic E-state index is 0.0147. The van der Waals surface area contributed by atoms with Gasteiger partial charge in [0.25, 0.3) is 0 Å². The fourth-order valence-electron chi connectivity index (χ4n) is 3.28. The minimum atomic E-state index is -0.0409. The van der Waals surface area contributed by atoms with Crippen LogP contribution in [0, 0.1) is 11.8 Å². The molecule has 6 nitrogen and oxygen atoms in total. The lowest BCUT2D eigenvalue weighted by atomic mass is 9.95. The molecule has 1 aromatic carbocycles. The van der Waals surface area contributed by atoms with E-state index >= 15 is 0 Å². The van der Waals surface area contributed by atoms with Gasteiger partial charge in [-0.2, -0.15) is 0 Å². The lowest BCUT2D eigenvalue weighted by Crippen LogP contribution is -2.43. The summed E-state index contributed by atoms with van der Waals surface area (Å²) >= 11 is 0. The number of para-hydroxylation sites is 1. The van der Waals surface area contributed by atoms with Gasteiger partial charge in [-0.1, -0.05) is 18.2 Å². The number of anilines is 1. The number of hydrogen-bond acceptors (Lipinski definition) is 4. The molecule has 2 heterocycles. The zero-order valence-electron chi connectivity index (χ0n) is 14.5. The van der Waals surface area contributed by atoms with E-state index in [-0.39, 0.29) is 24.3 Å². The van der Waals surface area contributed by atoms with E-state index in [1.165, 1.54) is 0 Å². The first-order valence-corrected chi connectivity index (χ1v) is 9.01. The fourth-order valence-corrected chi connectivity index (χ4v) is 3.28. The number of hydrogen-bond donors (Lipinski definition) is 1. The van der Waals surface area contributed by atoms with Gasteiger partial charge in [0.1, 0.15) is 6.61 Å². The Labute approximate surface area is 148 Å². The van der Waals surface area contributed by atoms with Crippen molar-refractivity contribution in [2.24, 2.45) is 11.8 Å². The third-order valence-corrected chi connectivity index (χ3v) is 4.86. The van der Waals surface area contributed by atoms with Crippen molar-refractivity contribution in [1.29, 1.82) is 0 Å². The molecule has 0 saturated carbocycles. The molecule has 0 radical (unpaired) electrons. The Balaban J connectivity index is 1.36. The summed E-state index contributed by atoms with van der Waals surface area (Å²) in [6.07, 6.45) is 2.40. The molecular formula is C19H26N2O4. The highest BCUT2D eigenvalue weighted by Gasteiger charge is 2.27. The summed E-state index contributed by atoms with van der Waals surface area (Å²) in [7, 11) is 0. The van der Waals surface area contributed by atoms with Crippen molar-refractivity contribution in [2.45, 2.75) is 19.3 Å². The van der Waals surface area contributed by atoms with Crippen molar-refractivity contribution in [1.82, 2.24) is 4.90 Å². The molecule has 2 amide bonds. The van der Waals surface area contributed by atoms with Gasteiger partial charge in [-0.15, -0.1) is 0 Å². The summed E-state index contributed by atoms with van der Waals surface area (Å²) in [6.45, 7) is 3.46. The molecule has 6 heteroatoms. The number of piperidine rings is 1. The summed E-state index contributed by atoms with van der Waals surface area (Å²) < 4.78 is 10.8. The van der Waals surface area contributed by atoms with Crippen LogP contribution in [0.2, 0.25) is 0 Å². The maximum absolute atomic E-state index is 12.3. The van der Waals surface area contributed by atoms with Crippen molar-refractivity contribution in [3.05, 3.63) is 30.3 Å². The zero-order valence-corrected chi connectivity index (χ0v) is 14.5. The van der Waals surface area contributed by atoms with Crippen molar-refractivity contribution < 1.29 is 19.1 Å². The summed E-state index contributed by atoms with van der Waals surface area (Å²) in [5.74, 6) is 0.428. The van der Waals surface area contributed by atoms with E-state index in [9.17, 15) is 9.59 Å². The minimum Gasteiger partial charge on any atom is -0.381 e. The van der Waals surface area contributed by atoms with Crippen LogP contribution >= 0.6 is 0 Å². The van der Waals surface area contributed by atoms with E-state index in [0.717, 1.165) is 25.3 Å². The first-order chi connectivity index (χ1) is 12.2. The number of nitrogens with zero attached hydrogens (tertiary/aromatic N) is 1. The molecule has 2 aliphatic rings. The third-order valence-electron chi connectivity index (χ3n) is 4.86. The topological polar surface area (TPSA) is 67.9 Å². The molecule has 0 bridgehead atoms. The number of ether oxygens (including phenoxy) is 2. The molecule has 2 aliphatic heterocycles. The Bertz CT molecular complexity index is 564. The second-order valence-corrected chi connectivity index (χ2v) is 6.76. The summed E-state index contributed by atoms with van der Waals surface area (Å²) in [5, 5.41) is 2.94. The average molecular weight is 346 g/mol. The number of rotatable bonds is 6. The van der Waals surface area contributed by atoms with Crippen molar-refractivity contribution in [2.75, 3.05) is 44.8 Å². The largest absolute Gasteiger partial charge is 0.381 e. The van der Waals surface area contributed by atoms with E-state index in [1.807, 2.05) is 30.3 Å². The third kappa shape index (κ3) is 5.28. The van der Waals surface area contributed by atoms with Crippen molar-refractivity contribution >= 4 is 17.5 Å². The molecule has 0 spiro atoms. The van der Waals surface area contributed by atoms with Crippen LogP contribution in [0.3, 0.4) is 0 Å². The Kier molecular flexibility index (Phi) is 6.42. The van der Waals surface area contributed by atoms with Crippen LogP contribution in [0.1, 0.15) is 19.3 Å². The predicted molar refractivity (Wildman–Crippen MR) is 94.1 cm³/mol. The molecule has 136 valence electrons. The normalized spacial score (nSPS) is 21.3. The van der Waals surface area contributed by atoms with Gasteiger partial charge in [0.2, 0.25) is 11.8 Å². The van der Waals surface area contributed by atoms with Gasteiger partial charge in [-0.05, 0) is 31.4 Å². The second kappa shape index (κ2) is 8.97. The highest BCUT2D eigenvalue weighted by atomic mass is 16.5. The van der Waals surface area contributed by atoms with E-state index in [4.69, 9.17) is 9.47 Å². The molecule has 2 saturated heterocycles. The predicted octanol–water partition coefficient (Wildman–Crippen LogP) is 1.92. The van der Waals surface area contributed by atoms with Crippen LogP contribution in [0.15, 0.2) is 30.3 Å². The van der Waals surface area contributed by atoms with Crippen LogP contribution in [0.4, 0.5) is 5.69 Å². The lowest BCUT2D eigenvalue weighted by molar-refractivity contribution is -0.139. The molecule has 1 N–H and O–H groups in total. The Morgan fingerprint density at radius 1 is 1.16 bits per heavy atom. The van der Waals surface area contributed by atoms with Crippen LogP contribution in [0.5, 0.6) is 0 Å². The highest BCUT2D eigenvalue weighted by molar-refractivity contribution is 5.92. The van der Waals surface area contributed by atoms with E-state index < -0.39 is 0 Å². The van der Waals surface area contributed by atoms with Crippen LogP contribution in [-0.2, 0) is 19.1 Å². The fraction of sp³-hybridized carbons (Fsp3) is 0.579. The Hall–Kier alpha value is -1.92. The van der Waals surface area contributed by atoms with Gasteiger partial charge in [-0.3, -0.25) is 9.59 Å². The Morgan fingerprint density at radius 3 is 2.60 bits per heavy atom. The van der Waals surface area contributed by atoms with E-state index in [0.29, 0.717) is 38.5 Å². The number of nitrogens with one attached hydrogen (secondary N) is 1. The summed E-state index contributed by atoms with van der Waals surface area (Å²) in [6, 6.07) is 9.47. The molecule has 25 heavy (non-hydrogen) atoms. The van der Waals surface area contributed by atoms with Crippen LogP contribution in [-0.4, -0.2) is 56.2 Å². The second-order valence-electron chi connectivity index (χ2n) is 6.76. The first kappa shape index (κ1) is 17.9. The molecule has 1 atom stereocenters. The van der Waals surface area contributed by atoms with E-state index in [1.54, 1.807) is 4.90 Å². The smallest absolute Gasteiger partial charge is 0.248 e. The highest BCUT2D eigenvalue weighted by Crippen LogP contribution is 2.20. The maximum atomic E-state index is 12.3. The quantitative estimate of drug-likeness (QED) is 0.854. The molecule has 2 fully saturated rings. The first-order valence-electron chi connectivity index (χ1n) is 9.01. The molecule has 3 rings (SSSR count). The summed E-state index contributed by atoms with van der Waals surface area (Å²) in [5.41, 5.74) is 0.815. The standard InChI is InChI=1S/C19H26N2O4/c22-18(14-25-13-15-8-11-24-12-15)21-9-6-16(7-10-21)19(23)20-17-4-2-1-3-5-17/h1-5,15-16H,6-14H2,(H,20,23). The average Bonchev–Trinajstić information content (AvgIpc) is 3.16. The summed E-state index contributed by atoms with van der Waals surface area (Å²) in [4.78, 5) is 26.3. The van der Waals surface area contributed by atoms with Crippen molar-refractivity contribution in [3.63, 3.8) is 0 Å². The molecule has 1 unspecified atom stereocenters. The van der Waals surface area contributed by atoms with Gasteiger partial charge >= 0.3 is 0 Å². The van der Waals surface area contributed by atoms with Crippen molar-refractivity contribution in [3.8, 4) is 0 Å². The molecular weight excluding hydrogens is 320 g/mol. The molecule has 0 aliphatic carbocycles. The number of carbonyl (C=O) groups excluding carboxylic acids is 2. The Morgan fingerprint density at radius 2 is 1.92 bits per heavy atom. The van der Waals surface area contributed by atoms with E-state index in [2.05, 4.69) is 5.32 Å². The number of benzene rings is 1. The number of carbonyl (C=O) groups is 2. The number of amides is 2. The SMILES string of the molecule is O=C(Nc1ccccc1)C1CCN(C(=O)COCC2CCOC2)CC1. The van der Waals surface area contributed by atoms with Gasteiger partial charge in [-0.25, -0.2) is 0 Å². The maximum Gasteiger partial charge on any atom is 0.248 e. The molecule has 1 aromatic rings. The molecule has 0 aromatic heterocycles. The van der Waals surface area contributed by atoms with Gasteiger partial charge in [0.05, 0.1) is 13.2 Å². The van der Waals surface area contributed by atoms with Gasteiger partial charge < -0.3 is 19.7 Å². The van der Waals surface area contributed by atoms with Crippen LogP contribution in [0.25, 0.3) is 0 Å². The number of likely N-dealkylation sites (tertiary alicyclic amines) is 1. The zero-order chi connectivity index (χ0) is 17.5. The van der Waals surface area contributed by atoms with Crippen LogP contribution < -0.4 is 5.32 Å².